The zero-order chi connectivity index (χ0) is 23.2. The molecule has 0 aliphatic heterocycles. The topological polar surface area (TPSA) is 86.1 Å². The van der Waals surface area contributed by atoms with Crippen molar-refractivity contribution in [2.75, 3.05) is 12.4 Å². The van der Waals surface area contributed by atoms with Crippen LogP contribution in [0.5, 0.6) is 5.75 Å². The van der Waals surface area contributed by atoms with Crippen molar-refractivity contribution in [2.24, 2.45) is 0 Å². The van der Waals surface area contributed by atoms with Gasteiger partial charge in [-0.3, -0.25) is 14.2 Å². The van der Waals surface area contributed by atoms with Crippen LogP contribution in [0.15, 0.2) is 82.9 Å². The summed E-state index contributed by atoms with van der Waals surface area (Å²) in [5.41, 5.74) is 1.85. The third-order valence-corrected chi connectivity index (χ3v) is 6.50. The van der Waals surface area contributed by atoms with Crippen molar-refractivity contribution in [1.29, 1.82) is 0 Å². The lowest BCUT2D eigenvalue weighted by atomic mass is 10.2. The summed E-state index contributed by atoms with van der Waals surface area (Å²) in [4.78, 5) is 35.2. The van der Waals surface area contributed by atoms with E-state index in [1.54, 1.807) is 54.3 Å². The zero-order valence-electron chi connectivity index (χ0n) is 18.4. The molecule has 0 fully saturated rings. The number of pyridine rings is 1. The minimum absolute atomic E-state index is 0.158. The maximum Gasteiger partial charge on any atom is 0.263 e. The van der Waals surface area contributed by atoms with Gasteiger partial charge in [0, 0.05) is 11.9 Å². The average molecular weight is 461 g/mol. The number of benzene rings is 2. The van der Waals surface area contributed by atoms with Gasteiger partial charge in [-0.2, -0.15) is 0 Å². The van der Waals surface area contributed by atoms with Crippen molar-refractivity contribution in [3.63, 3.8) is 0 Å². The van der Waals surface area contributed by atoms with Gasteiger partial charge >= 0.3 is 0 Å². The number of fused-ring (bicyclic) bond motifs is 1. The summed E-state index contributed by atoms with van der Waals surface area (Å²) < 4.78 is 6.79. The molecule has 0 saturated carbocycles. The SMILES string of the molecule is CC[C@@H](Sc1nc2ncccc2c(=O)n1Cc1ccccc1)C(=O)Nc1ccc(OC)cc1. The molecule has 2 aromatic carbocycles. The van der Waals surface area contributed by atoms with E-state index in [4.69, 9.17) is 4.74 Å². The number of hydrogen-bond donors (Lipinski definition) is 1. The lowest BCUT2D eigenvalue weighted by Crippen LogP contribution is -2.28. The van der Waals surface area contributed by atoms with Crippen molar-refractivity contribution in [3.8, 4) is 5.75 Å². The smallest absolute Gasteiger partial charge is 0.263 e. The first-order valence-corrected chi connectivity index (χ1v) is 11.5. The highest BCUT2D eigenvalue weighted by atomic mass is 32.2. The van der Waals surface area contributed by atoms with Gasteiger partial charge in [-0.1, -0.05) is 49.0 Å². The lowest BCUT2D eigenvalue weighted by Gasteiger charge is -2.18. The number of ether oxygens (including phenoxy) is 1. The Kier molecular flexibility index (Phi) is 7.04. The molecule has 0 aliphatic carbocycles. The van der Waals surface area contributed by atoms with E-state index in [2.05, 4.69) is 15.3 Å². The van der Waals surface area contributed by atoms with E-state index in [0.717, 1.165) is 5.56 Å². The third kappa shape index (κ3) is 5.23. The fourth-order valence-corrected chi connectivity index (χ4v) is 4.38. The standard InChI is InChI=1S/C25H24N4O3S/c1-3-21(23(30)27-18-11-13-19(32-2)14-12-18)33-25-28-22-20(10-7-15-26-22)24(31)29(25)16-17-8-5-4-6-9-17/h4-15,21H,3,16H2,1-2H3,(H,27,30)/t21-/m1/s1. The van der Waals surface area contributed by atoms with Crippen LogP contribution in [-0.2, 0) is 11.3 Å². The number of carbonyl (C=O) groups excluding carboxylic acids is 1. The second-order valence-corrected chi connectivity index (χ2v) is 8.55. The zero-order valence-corrected chi connectivity index (χ0v) is 19.2. The van der Waals surface area contributed by atoms with Gasteiger partial charge in [0.05, 0.1) is 24.3 Å². The predicted molar refractivity (Wildman–Crippen MR) is 131 cm³/mol. The Morgan fingerprint density at radius 3 is 2.55 bits per heavy atom. The van der Waals surface area contributed by atoms with Crippen LogP contribution in [0.4, 0.5) is 5.69 Å². The molecule has 4 aromatic rings. The van der Waals surface area contributed by atoms with Gasteiger partial charge in [0.25, 0.3) is 5.56 Å². The fraction of sp³-hybridized carbons (Fsp3) is 0.200. The van der Waals surface area contributed by atoms with Gasteiger partial charge in [0.1, 0.15) is 5.75 Å². The Balaban J connectivity index is 1.65. The number of thioether (sulfide) groups is 1. The number of methoxy groups -OCH3 is 1. The Bertz CT molecular complexity index is 1310. The largest absolute Gasteiger partial charge is 0.497 e. The van der Waals surface area contributed by atoms with Crippen LogP contribution in [0, 0.1) is 0 Å². The van der Waals surface area contributed by atoms with Crippen molar-refractivity contribution in [2.45, 2.75) is 30.3 Å². The van der Waals surface area contributed by atoms with Gasteiger partial charge in [-0.25, -0.2) is 9.97 Å². The molecule has 0 saturated heterocycles. The lowest BCUT2D eigenvalue weighted by molar-refractivity contribution is -0.115. The molecule has 0 radical (unpaired) electrons. The first-order chi connectivity index (χ1) is 16.1. The van der Waals surface area contributed by atoms with Crippen molar-refractivity contribution in [1.82, 2.24) is 14.5 Å². The molecule has 1 amide bonds. The molecule has 1 N–H and O–H groups in total. The van der Waals surface area contributed by atoms with Gasteiger partial charge in [0.2, 0.25) is 5.91 Å². The number of carbonyl (C=O) groups is 1. The van der Waals surface area contributed by atoms with Crippen LogP contribution in [-0.4, -0.2) is 32.8 Å². The van der Waals surface area contributed by atoms with Crippen molar-refractivity contribution < 1.29 is 9.53 Å². The summed E-state index contributed by atoms with van der Waals surface area (Å²) in [7, 11) is 1.59. The molecular weight excluding hydrogens is 436 g/mol. The average Bonchev–Trinajstić information content (AvgIpc) is 2.85. The summed E-state index contributed by atoms with van der Waals surface area (Å²) in [6.07, 6.45) is 2.17. The van der Waals surface area contributed by atoms with Crippen LogP contribution in [0.2, 0.25) is 0 Å². The highest BCUT2D eigenvalue weighted by Crippen LogP contribution is 2.26. The summed E-state index contributed by atoms with van der Waals surface area (Å²) in [5, 5.41) is 3.41. The number of hydrogen-bond acceptors (Lipinski definition) is 6. The maximum atomic E-state index is 13.3. The second kappa shape index (κ2) is 10.3. The Hall–Kier alpha value is -3.65. The molecule has 0 unspecified atom stereocenters. The molecule has 7 nitrogen and oxygen atoms in total. The van der Waals surface area contributed by atoms with E-state index in [0.29, 0.717) is 40.6 Å². The summed E-state index contributed by atoms with van der Waals surface area (Å²) in [6, 6.07) is 20.3. The number of amides is 1. The van der Waals surface area contributed by atoms with E-state index < -0.39 is 5.25 Å². The minimum Gasteiger partial charge on any atom is -0.497 e. The van der Waals surface area contributed by atoms with Gasteiger partial charge in [-0.15, -0.1) is 0 Å². The highest BCUT2D eigenvalue weighted by Gasteiger charge is 2.22. The number of nitrogens with one attached hydrogen (secondary N) is 1. The van der Waals surface area contributed by atoms with Crippen LogP contribution < -0.4 is 15.6 Å². The van der Waals surface area contributed by atoms with E-state index in [1.807, 2.05) is 37.3 Å². The number of aromatic nitrogens is 3. The summed E-state index contributed by atoms with van der Waals surface area (Å²) >= 11 is 1.27. The number of anilines is 1. The Morgan fingerprint density at radius 2 is 1.85 bits per heavy atom. The normalized spacial score (nSPS) is 11.8. The Morgan fingerprint density at radius 1 is 1.09 bits per heavy atom. The number of nitrogens with zero attached hydrogens (tertiary/aromatic N) is 3. The Labute approximate surface area is 195 Å². The van der Waals surface area contributed by atoms with E-state index >= 15 is 0 Å². The molecule has 2 aromatic heterocycles. The van der Waals surface area contributed by atoms with Crippen molar-refractivity contribution >= 4 is 34.4 Å². The predicted octanol–water partition coefficient (Wildman–Crippen LogP) is 4.36. The molecule has 168 valence electrons. The first-order valence-electron chi connectivity index (χ1n) is 10.6. The van der Waals surface area contributed by atoms with Crippen LogP contribution in [0.1, 0.15) is 18.9 Å². The number of rotatable bonds is 8. The van der Waals surface area contributed by atoms with E-state index in [9.17, 15) is 9.59 Å². The molecule has 0 aliphatic rings. The molecule has 2 heterocycles. The molecule has 0 spiro atoms. The fourth-order valence-electron chi connectivity index (χ4n) is 3.38. The minimum atomic E-state index is -0.442. The van der Waals surface area contributed by atoms with Gasteiger partial charge < -0.3 is 10.1 Å². The molecule has 33 heavy (non-hydrogen) atoms. The van der Waals surface area contributed by atoms with Gasteiger partial charge in [-0.05, 0) is 48.4 Å². The van der Waals surface area contributed by atoms with Crippen LogP contribution in [0.25, 0.3) is 11.0 Å². The maximum absolute atomic E-state index is 13.3. The molecule has 8 heteroatoms. The molecule has 4 rings (SSSR count). The third-order valence-electron chi connectivity index (χ3n) is 5.15. The summed E-state index contributed by atoms with van der Waals surface area (Å²) in [5.74, 6) is 0.557. The van der Waals surface area contributed by atoms with Gasteiger partial charge in [0.15, 0.2) is 10.8 Å². The van der Waals surface area contributed by atoms with E-state index in [-0.39, 0.29) is 11.5 Å². The molecule has 0 bridgehead atoms. The van der Waals surface area contributed by atoms with Crippen molar-refractivity contribution in [3.05, 3.63) is 88.8 Å². The summed E-state index contributed by atoms with van der Waals surface area (Å²) in [6.45, 7) is 2.29. The van der Waals surface area contributed by atoms with Crippen LogP contribution >= 0.6 is 11.8 Å². The monoisotopic (exact) mass is 460 g/mol. The first kappa shape index (κ1) is 22.5. The quantitative estimate of drug-likeness (QED) is 0.311. The molecule has 1 atom stereocenters. The highest BCUT2D eigenvalue weighted by molar-refractivity contribution is 8.00. The second-order valence-electron chi connectivity index (χ2n) is 7.38. The molecular formula is C25H24N4O3S. The van der Waals surface area contributed by atoms with E-state index in [1.165, 1.54) is 11.8 Å². The van der Waals surface area contributed by atoms with Crippen LogP contribution in [0.3, 0.4) is 0 Å².